The number of cyclic esters (lactones) is 1. The molecule has 2 rings (SSSR count). The van der Waals surface area contributed by atoms with Crippen LogP contribution in [0.5, 0.6) is 0 Å². The second-order valence-electron chi connectivity index (χ2n) is 6.47. The van der Waals surface area contributed by atoms with E-state index in [1.165, 1.54) is 13.0 Å². The molecule has 0 radical (unpaired) electrons. The Kier molecular flexibility index (Phi) is 5.81. The van der Waals surface area contributed by atoms with Crippen molar-refractivity contribution in [2.75, 3.05) is 0 Å². The highest BCUT2D eigenvalue weighted by atomic mass is 16.8. The van der Waals surface area contributed by atoms with Crippen LogP contribution < -0.4 is 0 Å². The average molecular weight is 326 g/mol. The first kappa shape index (κ1) is 17.9. The summed E-state index contributed by atoms with van der Waals surface area (Å²) in [6, 6.07) is 0. The summed E-state index contributed by atoms with van der Waals surface area (Å²) in [5, 5.41) is 0. The molecule has 1 saturated heterocycles. The molecular weight excluding hydrogens is 300 g/mol. The first-order valence-electron chi connectivity index (χ1n) is 8.22. The molecule has 1 fully saturated rings. The van der Waals surface area contributed by atoms with Crippen molar-refractivity contribution in [3.05, 3.63) is 12.2 Å². The van der Waals surface area contributed by atoms with Crippen molar-refractivity contribution in [2.24, 2.45) is 0 Å². The van der Waals surface area contributed by atoms with Gasteiger partial charge in [0.2, 0.25) is 0 Å². The number of carbonyl (C=O) groups excluding carboxylic acids is 2. The lowest BCUT2D eigenvalue weighted by atomic mass is 9.96. The van der Waals surface area contributed by atoms with E-state index in [2.05, 4.69) is 6.92 Å². The second-order valence-corrected chi connectivity index (χ2v) is 6.47. The first-order chi connectivity index (χ1) is 10.8. The molecule has 2 heterocycles. The van der Waals surface area contributed by atoms with E-state index in [0.717, 1.165) is 12.8 Å². The molecule has 130 valence electrons. The van der Waals surface area contributed by atoms with E-state index in [4.69, 9.17) is 18.9 Å². The molecule has 2 aliphatic heterocycles. The number of esters is 2. The predicted octanol–water partition coefficient (Wildman–Crippen LogP) is 2.50. The normalized spacial score (nSPS) is 30.8. The summed E-state index contributed by atoms with van der Waals surface area (Å²) in [6.07, 6.45) is 4.57. The molecule has 6 nitrogen and oxygen atoms in total. The molecule has 6 heteroatoms. The topological polar surface area (TPSA) is 71.1 Å². The Morgan fingerprint density at radius 2 is 2.17 bits per heavy atom. The van der Waals surface area contributed by atoms with Crippen molar-refractivity contribution in [3.63, 3.8) is 0 Å². The van der Waals surface area contributed by atoms with Gasteiger partial charge in [0.1, 0.15) is 24.4 Å². The number of ether oxygens (including phenoxy) is 4. The van der Waals surface area contributed by atoms with Crippen molar-refractivity contribution in [2.45, 2.75) is 83.6 Å². The van der Waals surface area contributed by atoms with Gasteiger partial charge >= 0.3 is 11.9 Å². The van der Waals surface area contributed by atoms with E-state index in [0.29, 0.717) is 12.8 Å². The Balaban J connectivity index is 2.18. The Hall–Kier alpha value is -1.40. The van der Waals surface area contributed by atoms with Crippen LogP contribution in [0.1, 0.15) is 53.4 Å². The molecule has 0 amide bonds. The number of carbonyl (C=O) groups is 2. The third-order valence-corrected chi connectivity index (χ3v) is 3.95. The number of hydrogen-bond acceptors (Lipinski definition) is 6. The Labute approximate surface area is 137 Å². The lowest BCUT2D eigenvalue weighted by Gasteiger charge is -2.30. The summed E-state index contributed by atoms with van der Waals surface area (Å²) in [4.78, 5) is 23.0. The van der Waals surface area contributed by atoms with E-state index < -0.39 is 30.2 Å². The Morgan fingerprint density at radius 3 is 2.78 bits per heavy atom. The zero-order valence-corrected chi connectivity index (χ0v) is 14.2. The fraction of sp³-hybridized carbons (Fsp3) is 0.765. The van der Waals surface area contributed by atoms with Gasteiger partial charge in [-0.15, -0.1) is 0 Å². The van der Waals surface area contributed by atoms with Crippen LogP contribution in [0.25, 0.3) is 0 Å². The standard InChI is InChI=1S/C17H26O6/c1-5-6-8-12(20-11(2)18)15-16(23-17(3,4)22-15)13-9-7-10-14(19)21-13/h7,10,12-13,15-16H,5-6,8-9H2,1-4H3/t12-,13+,15-,16-/m0/s1. The molecule has 0 bridgehead atoms. The first-order valence-corrected chi connectivity index (χ1v) is 8.22. The van der Waals surface area contributed by atoms with Crippen LogP contribution in [0.15, 0.2) is 12.2 Å². The monoisotopic (exact) mass is 326 g/mol. The molecule has 0 aromatic heterocycles. The molecule has 0 aliphatic carbocycles. The van der Waals surface area contributed by atoms with Gasteiger partial charge in [-0.2, -0.15) is 0 Å². The lowest BCUT2D eigenvalue weighted by Crippen LogP contribution is -2.46. The summed E-state index contributed by atoms with van der Waals surface area (Å²) >= 11 is 0. The largest absolute Gasteiger partial charge is 0.460 e. The Morgan fingerprint density at radius 1 is 1.43 bits per heavy atom. The van der Waals surface area contributed by atoms with Crippen LogP contribution in [0.2, 0.25) is 0 Å². The minimum absolute atomic E-state index is 0.348. The maximum atomic E-state index is 11.5. The van der Waals surface area contributed by atoms with Gasteiger partial charge in [0.05, 0.1) is 0 Å². The van der Waals surface area contributed by atoms with Gasteiger partial charge in [-0.1, -0.05) is 19.4 Å². The second kappa shape index (κ2) is 7.45. The van der Waals surface area contributed by atoms with E-state index >= 15 is 0 Å². The van der Waals surface area contributed by atoms with Gasteiger partial charge in [-0.25, -0.2) is 4.79 Å². The van der Waals surface area contributed by atoms with Gasteiger partial charge in [-0.05, 0) is 26.7 Å². The summed E-state index contributed by atoms with van der Waals surface area (Å²) in [5.74, 6) is -1.54. The van der Waals surface area contributed by atoms with Crippen LogP contribution >= 0.6 is 0 Å². The van der Waals surface area contributed by atoms with E-state index in [1.54, 1.807) is 6.08 Å². The van der Waals surface area contributed by atoms with E-state index in [9.17, 15) is 9.59 Å². The molecule has 0 unspecified atom stereocenters. The van der Waals surface area contributed by atoms with Gasteiger partial charge in [0.15, 0.2) is 5.79 Å². The highest BCUT2D eigenvalue weighted by Gasteiger charge is 2.50. The van der Waals surface area contributed by atoms with E-state index in [1.807, 2.05) is 13.8 Å². The van der Waals surface area contributed by atoms with Crippen LogP contribution in [0.3, 0.4) is 0 Å². The van der Waals surface area contributed by atoms with Gasteiger partial charge < -0.3 is 18.9 Å². The molecule has 23 heavy (non-hydrogen) atoms. The van der Waals surface area contributed by atoms with Crippen molar-refractivity contribution in [1.29, 1.82) is 0 Å². The van der Waals surface area contributed by atoms with Crippen LogP contribution in [-0.2, 0) is 28.5 Å². The van der Waals surface area contributed by atoms with E-state index in [-0.39, 0.29) is 11.9 Å². The number of hydrogen-bond donors (Lipinski definition) is 0. The van der Waals surface area contributed by atoms with Crippen molar-refractivity contribution >= 4 is 11.9 Å². The fourth-order valence-electron chi connectivity index (χ4n) is 3.04. The summed E-state index contributed by atoms with van der Waals surface area (Å²) in [5.41, 5.74) is 0. The molecule has 0 saturated carbocycles. The minimum Gasteiger partial charge on any atom is -0.460 e. The maximum absolute atomic E-state index is 11.5. The quantitative estimate of drug-likeness (QED) is 0.698. The molecule has 2 aliphatic rings. The van der Waals surface area contributed by atoms with Gasteiger partial charge in [-0.3, -0.25) is 4.79 Å². The highest BCUT2D eigenvalue weighted by molar-refractivity contribution is 5.82. The average Bonchev–Trinajstić information content (AvgIpc) is 2.79. The smallest absolute Gasteiger partial charge is 0.330 e. The number of unbranched alkanes of at least 4 members (excludes halogenated alkanes) is 1. The predicted molar refractivity (Wildman–Crippen MR) is 82.5 cm³/mol. The SMILES string of the molecule is CCCC[C@H](OC(C)=O)[C@@H]1OC(C)(C)O[C@H]1[C@H]1CC=CC(=O)O1. The third-order valence-electron chi connectivity index (χ3n) is 3.95. The zero-order valence-electron chi connectivity index (χ0n) is 14.2. The Bertz CT molecular complexity index is 470. The van der Waals surface area contributed by atoms with Crippen molar-refractivity contribution in [1.82, 2.24) is 0 Å². The zero-order chi connectivity index (χ0) is 17.0. The molecule has 0 aromatic carbocycles. The number of rotatable bonds is 6. The van der Waals surface area contributed by atoms with Gasteiger partial charge in [0, 0.05) is 19.4 Å². The molecule has 4 atom stereocenters. The lowest BCUT2D eigenvalue weighted by molar-refractivity contribution is -0.173. The minimum atomic E-state index is -0.812. The maximum Gasteiger partial charge on any atom is 0.330 e. The van der Waals surface area contributed by atoms with Gasteiger partial charge in [0.25, 0.3) is 0 Å². The fourth-order valence-corrected chi connectivity index (χ4v) is 3.04. The molecular formula is C17H26O6. The summed E-state index contributed by atoms with van der Waals surface area (Å²) < 4.78 is 22.8. The van der Waals surface area contributed by atoms with Crippen molar-refractivity contribution in [3.8, 4) is 0 Å². The van der Waals surface area contributed by atoms with Crippen LogP contribution in [0.4, 0.5) is 0 Å². The van der Waals surface area contributed by atoms with Crippen LogP contribution in [0, 0.1) is 0 Å². The van der Waals surface area contributed by atoms with Crippen LogP contribution in [-0.4, -0.2) is 42.1 Å². The molecule has 0 aromatic rings. The van der Waals surface area contributed by atoms with Crippen molar-refractivity contribution < 1.29 is 28.5 Å². The third kappa shape index (κ3) is 4.78. The molecule has 0 N–H and O–H groups in total. The highest BCUT2D eigenvalue weighted by Crippen LogP contribution is 2.36. The summed E-state index contributed by atoms with van der Waals surface area (Å²) in [6.45, 7) is 7.08. The molecule has 0 spiro atoms. The summed E-state index contributed by atoms with van der Waals surface area (Å²) in [7, 11) is 0.